The molecule has 0 aromatic rings. The fourth-order valence-electron chi connectivity index (χ4n) is 3.15. The van der Waals surface area contributed by atoms with Gasteiger partial charge in [-0.05, 0) is 25.7 Å². The number of piperidine rings is 1. The number of amides is 2. The fraction of sp³-hybridized carbons (Fsp3) is 0.867. The van der Waals surface area contributed by atoms with Crippen molar-refractivity contribution in [1.82, 2.24) is 9.80 Å². The monoisotopic (exact) mass is 266 g/mol. The van der Waals surface area contributed by atoms with Gasteiger partial charge in [0.05, 0.1) is 0 Å². The molecule has 2 rings (SSSR count). The van der Waals surface area contributed by atoms with Crippen molar-refractivity contribution in [2.45, 2.75) is 51.9 Å². The highest BCUT2D eigenvalue weighted by Crippen LogP contribution is 2.22. The van der Waals surface area contributed by atoms with Crippen LogP contribution in [0.25, 0.3) is 0 Å². The lowest BCUT2D eigenvalue weighted by atomic mass is 9.95. The topological polar surface area (TPSA) is 40.6 Å². The van der Waals surface area contributed by atoms with Gasteiger partial charge in [-0.3, -0.25) is 9.59 Å². The van der Waals surface area contributed by atoms with Crippen LogP contribution in [0.1, 0.15) is 51.9 Å². The quantitative estimate of drug-likeness (QED) is 0.767. The van der Waals surface area contributed by atoms with E-state index in [4.69, 9.17) is 0 Å². The van der Waals surface area contributed by atoms with Crippen LogP contribution in [0.15, 0.2) is 0 Å². The lowest BCUT2D eigenvalue weighted by Crippen LogP contribution is -2.44. The molecule has 2 amide bonds. The third-order valence-electron chi connectivity index (χ3n) is 4.42. The van der Waals surface area contributed by atoms with E-state index in [9.17, 15) is 9.59 Å². The highest BCUT2D eigenvalue weighted by Gasteiger charge is 2.29. The summed E-state index contributed by atoms with van der Waals surface area (Å²) in [7, 11) is 0. The molecule has 0 radical (unpaired) electrons. The first kappa shape index (κ1) is 14.4. The smallest absolute Gasteiger partial charge is 0.225 e. The number of carbonyl (C=O) groups is 2. The van der Waals surface area contributed by atoms with Crippen LogP contribution in [-0.4, -0.2) is 47.8 Å². The first-order chi connectivity index (χ1) is 9.22. The summed E-state index contributed by atoms with van der Waals surface area (Å²) in [5.74, 6) is 0.713. The summed E-state index contributed by atoms with van der Waals surface area (Å²) in [6, 6.07) is 0. The van der Waals surface area contributed by atoms with Crippen molar-refractivity contribution in [1.29, 1.82) is 0 Å². The van der Waals surface area contributed by atoms with Crippen molar-refractivity contribution in [2.75, 3.05) is 26.2 Å². The second-order valence-corrected chi connectivity index (χ2v) is 5.75. The van der Waals surface area contributed by atoms with E-state index in [1.807, 2.05) is 11.8 Å². The summed E-state index contributed by atoms with van der Waals surface area (Å²) < 4.78 is 0. The van der Waals surface area contributed by atoms with Gasteiger partial charge in [-0.15, -0.1) is 0 Å². The Bertz CT molecular complexity index is 314. The predicted octanol–water partition coefficient (Wildman–Crippen LogP) is 2.04. The molecule has 0 saturated carbocycles. The van der Waals surface area contributed by atoms with Gasteiger partial charge in [0, 0.05) is 38.5 Å². The molecule has 4 nitrogen and oxygen atoms in total. The molecule has 0 aromatic heterocycles. The zero-order valence-corrected chi connectivity index (χ0v) is 12.1. The zero-order chi connectivity index (χ0) is 13.7. The second-order valence-electron chi connectivity index (χ2n) is 5.75. The molecule has 4 heteroatoms. The average molecular weight is 266 g/mol. The SMILES string of the molecule is CCC(=O)N1CCC(C(=O)N2CCCCCC2)CC1. The summed E-state index contributed by atoms with van der Waals surface area (Å²) in [5.41, 5.74) is 0. The van der Waals surface area contributed by atoms with Crippen molar-refractivity contribution in [2.24, 2.45) is 5.92 Å². The van der Waals surface area contributed by atoms with Crippen LogP contribution in [-0.2, 0) is 9.59 Å². The Balaban J connectivity index is 1.83. The van der Waals surface area contributed by atoms with Gasteiger partial charge in [0.1, 0.15) is 0 Å². The molecule has 0 atom stereocenters. The number of hydrogen-bond acceptors (Lipinski definition) is 2. The van der Waals surface area contributed by atoms with E-state index < -0.39 is 0 Å². The maximum absolute atomic E-state index is 12.5. The van der Waals surface area contributed by atoms with Crippen LogP contribution in [0.3, 0.4) is 0 Å². The van der Waals surface area contributed by atoms with Crippen LogP contribution in [0.5, 0.6) is 0 Å². The molecule has 0 spiro atoms. The van der Waals surface area contributed by atoms with Gasteiger partial charge < -0.3 is 9.80 Å². The van der Waals surface area contributed by atoms with Crippen LogP contribution >= 0.6 is 0 Å². The number of likely N-dealkylation sites (tertiary alicyclic amines) is 2. The average Bonchev–Trinajstić information content (AvgIpc) is 2.75. The summed E-state index contributed by atoms with van der Waals surface area (Å²) in [6.45, 7) is 5.30. The molecule has 19 heavy (non-hydrogen) atoms. The Kier molecular flexibility index (Phi) is 5.23. The Morgan fingerprint density at radius 1 is 0.895 bits per heavy atom. The highest BCUT2D eigenvalue weighted by molar-refractivity contribution is 5.80. The van der Waals surface area contributed by atoms with Crippen LogP contribution in [0, 0.1) is 5.92 Å². The molecule has 0 aliphatic carbocycles. The summed E-state index contributed by atoms with van der Waals surface area (Å²) in [5, 5.41) is 0. The van der Waals surface area contributed by atoms with E-state index in [0.717, 1.165) is 51.9 Å². The zero-order valence-electron chi connectivity index (χ0n) is 12.1. The predicted molar refractivity (Wildman–Crippen MR) is 74.6 cm³/mol. The summed E-state index contributed by atoms with van der Waals surface area (Å²) in [4.78, 5) is 28.1. The number of carbonyl (C=O) groups excluding carboxylic acids is 2. The van der Waals surface area contributed by atoms with E-state index in [1.165, 1.54) is 12.8 Å². The molecular formula is C15H26N2O2. The molecular weight excluding hydrogens is 240 g/mol. The third-order valence-corrected chi connectivity index (χ3v) is 4.42. The molecule has 0 N–H and O–H groups in total. The van der Waals surface area contributed by atoms with Crippen LogP contribution in [0.2, 0.25) is 0 Å². The highest BCUT2D eigenvalue weighted by atomic mass is 16.2. The maximum Gasteiger partial charge on any atom is 0.225 e. The molecule has 2 saturated heterocycles. The summed E-state index contributed by atoms with van der Waals surface area (Å²) >= 11 is 0. The van der Waals surface area contributed by atoms with Gasteiger partial charge in [0.15, 0.2) is 0 Å². The van der Waals surface area contributed by atoms with E-state index in [-0.39, 0.29) is 11.8 Å². The standard InChI is InChI=1S/C15H26N2O2/c1-2-14(18)16-11-7-13(8-12-16)15(19)17-9-5-3-4-6-10-17/h13H,2-12H2,1H3. The van der Waals surface area contributed by atoms with Gasteiger partial charge in [-0.2, -0.15) is 0 Å². The van der Waals surface area contributed by atoms with Gasteiger partial charge in [0.2, 0.25) is 11.8 Å². The van der Waals surface area contributed by atoms with Crippen molar-refractivity contribution < 1.29 is 9.59 Å². The van der Waals surface area contributed by atoms with E-state index in [0.29, 0.717) is 12.3 Å². The molecule has 2 aliphatic rings. The molecule has 0 aromatic carbocycles. The molecule has 2 aliphatic heterocycles. The minimum atomic E-state index is 0.152. The van der Waals surface area contributed by atoms with Crippen molar-refractivity contribution >= 4 is 11.8 Å². The third kappa shape index (κ3) is 3.71. The number of nitrogens with zero attached hydrogens (tertiary/aromatic N) is 2. The molecule has 108 valence electrons. The summed E-state index contributed by atoms with van der Waals surface area (Å²) in [6.07, 6.45) is 7.09. The fourth-order valence-corrected chi connectivity index (χ4v) is 3.15. The van der Waals surface area contributed by atoms with Gasteiger partial charge in [0.25, 0.3) is 0 Å². The Hall–Kier alpha value is -1.06. The van der Waals surface area contributed by atoms with Crippen molar-refractivity contribution in [3.05, 3.63) is 0 Å². The largest absolute Gasteiger partial charge is 0.343 e. The van der Waals surface area contributed by atoms with Crippen molar-refractivity contribution in [3.63, 3.8) is 0 Å². The number of hydrogen-bond donors (Lipinski definition) is 0. The van der Waals surface area contributed by atoms with Crippen LogP contribution in [0.4, 0.5) is 0 Å². The Morgan fingerprint density at radius 2 is 1.47 bits per heavy atom. The van der Waals surface area contributed by atoms with Gasteiger partial charge >= 0.3 is 0 Å². The minimum absolute atomic E-state index is 0.152. The van der Waals surface area contributed by atoms with E-state index in [1.54, 1.807) is 0 Å². The Morgan fingerprint density at radius 3 is 2.00 bits per heavy atom. The molecule has 2 heterocycles. The maximum atomic E-state index is 12.5. The molecule has 0 bridgehead atoms. The van der Waals surface area contributed by atoms with Crippen LogP contribution < -0.4 is 0 Å². The minimum Gasteiger partial charge on any atom is -0.343 e. The Labute approximate surface area is 116 Å². The van der Waals surface area contributed by atoms with E-state index >= 15 is 0 Å². The van der Waals surface area contributed by atoms with Crippen molar-refractivity contribution in [3.8, 4) is 0 Å². The molecule has 2 fully saturated rings. The second kappa shape index (κ2) is 6.92. The lowest BCUT2D eigenvalue weighted by Gasteiger charge is -2.34. The first-order valence-electron chi connectivity index (χ1n) is 7.79. The number of rotatable bonds is 2. The van der Waals surface area contributed by atoms with Gasteiger partial charge in [-0.1, -0.05) is 19.8 Å². The first-order valence-corrected chi connectivity index (χ1v) is 7.79. The van der Waals surface area contributed by atoms with E-state index in [2.05, 4.69) is 4.90 Å². The molecule has 0 unspecified atom stereocenters. The normalized spacial score (nSPS) is 22.2. The lowest BCUT2D eigenvalue weighted by molar-refractivity contribution is -0.140. The van der Waals surface area contributed by atoms with Gasteiger partial charge in [-0.25, -0.2) is 0 Å².